The maximum atomic E-state index is 12.4. The topological polar surface area (TPSA) is 70.2 Å². The van der Waals surface area contributed by atoms with Crippen molar-refractivity contribution in [3.05, 3.63) is 0 Å². The van der Waals surface area contributed by atoms with Crippen molar-refractivity contribution in [1.29, 1.82) is 0 Å². The van der Waals surface area contributed by atoms with Crippen LogP contribution in [0.4, 0.5) is 0 Å². The van der Waals surface area contributed by atoms with Gasteiger partial charge in [-0.1, -0.05) is 20.3 Å². The van der Waals surface area contributed by atoms with E-state index in [4.69, 9.17) is 0 Å². The van der Waals surface area contributed by atoms with E-state index in [1.807, 2.05) is 6.92 Å². The first kappa shape index (κ1) is 17.0. The van der Waals surface area contributed by atoms with E-state index in [1.165, 1.54) is 0 Å². The molecule has 20 heavy (non-hydrogen) atoms. The van der Waals surface area contributed by atoms with Crippen LogP contribution in [0, 0.1) is 5.41 Å². The van der Waals surface area contributed by atoms with Crippen molar-refractivity contribution in [2.75, 3.05) is 26.2 Å². The molecule has 0 aromatic rings. The monoisotopic (exact) mass is 283 g/mol. The molecule has 0 spiro atoms. The quantitative estimate of drug-likeness (QED) is 0.626. The molecule has 1 heterocycles. The Labute approximate surface area is 122 Å². The van der Waals surface area contributed by atoms with Crippen LogP contribution < -0.4 is 16.0 Å². The number of piperidine rings is 1. The van der Waals surface area contributed by atoms with Gasteiger partial charge in [-0.05, 0) is 32.2 Å². The first-order valence-electron chi connectivity index (χ1n) is 7.90. The minimum absolute atomic E-state index is 0.0125. The highest BCUT2D eigenvalue weighted by atomic mass is 16.2. The Bertz CT molecular complexity index is 307. The van der Waals surface area contributed by atoms with E-state index >= 15 is 0 Å². The number of hydrogen-bond acceptors (Lipinski definition) is 3. The summed E-state index contributed by atoms with van der Waals surface area (Å²) in [6.45, 7) is 7.03. The van der Waals surface area contributed by atoms with E-state index in [1.54, 1.807) is 0 Å². The predicted molar refractivity (Wildman–Crippen MR) is 80.4 cm³/mol. The molecule has 1 fully saturated rings. The van der Waals surface area contributed by atoms with Gasteiger partial charge < -0.3 is 16.0 Å². The number of rotatable bonds is 8. The summed E-state index contributed by atoms with van der Waals surface area (Å²) >= 11 is 0. The van der Waals surface area contributed by atoms with E-state index in [0.717, 1.165) is 45.2 Å². The molecule has 5 heteroatoms. The highest BCUT2D eigenvalue weighted by Crippen LogP contribution is 2.31. The Balaban J connectivity index is 2.37. The van der Waals surface area contributed by atoms with Gasteiger partial charge in [0.1, 0.15) is 0 Å². The second-order valence-corrected chi connectivity index (χ2v) is 5.67. The van der Waals surface area contributed by atoms with E-state index in [-0.39, 0.29) is 17.2 Å². The van der Waals surface area contributed by atoms with Crippen molar-refractivity contribution in [1.82, 2.24) is 16.0 Å². The van der Waals surface area contributed by atoms with Gasteiger partial charge in [-0.15, -0.1) is 0 Å². The highest BCUT2D eigenvalue weighted by Gasteiger charge is 2.38. The van der Waals surface area contributed by atoms with Crippen LogP contribution in [0.1, 0.15) is 52.4 Å². The van der Waals surface area contributed by atoms with Gasteiger partial charge in [-0.3, -0.25) is 9.59 Å². The Morgan fingerprint density at radius 1 is 1.15 bits per heavy atom. The van der Waals surface area contributed by atoms with E-state index in [0.29, 0.717) is 19.5 Å². The number of amides is 2. The van der Waals surface area contributed by atoms with Gasteiger partial charge in [0.15, 0.2) is 0 Å². The lowest BCUT2D eigenvalue weighted by Gasteiger charge is -2.36. The molecule has 0 bridgehead atoms. The van der Waals surface area contributed by atoms with Crippen LogP contribution in [0.5, 0.6) is 0 Å². The Kier molecular flexibility index (Phi) is 7.59. The van der Waals surface area contributed by atoms with Crippen molar-refractivity contribution in [2.24, 2.45) is 5.41 Å². The molecular weight excluding hydrogens is 254 g/mol. The summed E-state index contributed by atoms with van der Waals surface area (Å²) in [4.78, 5) is 23.9. The summed E-state index contributed by atoms with van der Waals surface area (Å²) in [5.41, 5.74) is -0.271. The molecule has 1 aliphatic rings. The maximum Gasteiger partial charge on any atom is 0.227 e. The standard InChI is InChI=1S/C15H29N3O2/c1-3-7-15(8-5-10-16-12-15)14(20)18-11-6-13(19)17-9-4-2/h16H,3-12H2,1-2H3,(H,17,19)(H,18,20). The molecule has 1 saturated heterocycles. The fraction of sp³-hybridized carbons (Fsp3) is 0.867. The fourth-order valence-electron chi connectivity index (χ4n) is 2.80. The van der Waals surface area contributed by atoms with Crippen LogP contribution in [0.3, 0.4) is 0 Å². The Morgan fingerprint density at radius 2 is 1.95 bits per heavy atom. The lowest BCUT2D eigenvalue weighted by molar-refractivity contribution is -0.132. The predicted octanol–water partition coefficient (Wildman–Crippen LogP) is 1.19. The zero-order valence-electron chi connectivity index (χ0n) is 12.9. The van der Waals surface area contributed by atoms with Gasteiger partial charge in [0.2, 0.25) is 11.8 Å². The molecule has 0 aromatic carbocycles. The van der Waals surface area contributed by atoms with Gasteiger partial charge in [0.25, 0.3) is 0 Å². The summed E-state index contributed by atoms with van der Waals surface area (Å²) < 4.78 is 0. The van der Waals surface area contributed by atoms with Gasteiger partial charge in [0, 0.05) is 26.1 Å². The van der Waals surface area contributed by atoms with Crippen molar-refractivity contribution in [3.8, 4) is 0 Å². The summed E-state index contributed by atoms with van der Waals surface area (Å²) in [6, 6.07) is 0. The lowest BCUT2D eigenvalue weighted by Crippen LogP contribution is -2.50. The minimum Gasteiger partial charge on any atom is -0.356 e. The van der Waals surface area contributed by atoms with Crippen molar-refractivity contribution < 1.29 is 9.59 Å². The normalized spacial score (nSPS) is 22.3. The zero-order chi connectivity index (χ0) is 14.8. The van der Waals surface area contributed by atoms with Gasteiger partial charge in [-0.25, -0.2) is 0 Å². The number of carbonyl (C=O) groups is 2. The van der Waals surface area contributed by atoms with Crippen LogP contribution in [0.2, 0.25) is 0 Å². The van der Waals surface area contributed by atoms with Gasteiger partial charge in [-0.2, -0.15) is 0 Å². The minimum atomic E-state index is -0.271. The third kappa shape index (κ3) is 5.12. The molecule has 1 aliphatic heterocycles. The summed E-state index contributed by atoms with van der Waals surface area (Å²) in [5, 5.41) is 9.09. The zero-order valence-corrected chi connectivity index (χ0v) is 12.9. The Hall–Kier alpha value is -1.10. The average molecular weight is 283 g/mol. The molecule has 116 valence electrons. The SMILES string of the molecule is CCCNC(=O)CCNC(=O)C1(CCC)CCCNC1. The van der Waals surface area contributed by atoms with Crippen molar-refractivity contribution >= 4 is 11.8 Å². The molecule has 5 nitrogen and oxygen atoms in total. The van der Waals surface area contributed by atoms with Gasteiger partial charge in [0.05, 0.1) is 5.41 Å². The maximum absolute atomic E-state index is 12.4. The average Bonchev–Trinajstić information content (AvgIpc) is 2.46. The third-order valence-corrected chi connectivity index (χ3v) is 3.89. The van der Waals surface area contributed by atoms with E-state index < -0.39 is 0 Å². The molecule has 0 aromatic heterocycles. The third-order valence-electron chi connectivity index (χ3n) is 3.89. The summed E-state index contributed by atoms with van der Waals surface area (Å²) in [5.74, 6) is 0.119. The van der Waals surface area contributed by atoms with Gasteiger partial charge >= 0.3 is 0 Å². The van der Waals surface area contributed by atoms with Crippen LogP contribution in [0.25, 0.3) is 0 Å². The molecular formula is C15H29N3O2. The second kappa shape index (κ2) is 8.95. The lowest BCUT2D eigenvalue weighted by atomic mass is 9.76. The number of nitrogens with one attached hydrogen (secondary N) is 3. The van der Waals surface area contributed by atoms with Crippen molar-refractivity contribution in [3.63, 3.8) is 0 Å². The van der Waals surface area contributed by atoms with Crippen molar-refractivity contribution in [2.45, 2.75) is 52.4 Å². The van der Waals surface area contributed by atoms with Crippen LogP contribution >= 0.6 is 0 Å². The van der Waals surface area contributed by atoms with Crippen LogP contribution in [-0.2, 0) is 9.59 Å². The molecule has 0 saturated carbocycles. The molecule has 0 aliphatic carbocycles. The fourth-order valence-corrected chi connectivity index (χ4v) is 2.80. The largest absolute Gasteiger partial charge is 0.356 e. The van der Waals surface area contributed by atoms with E-state index in [9.17, 15) is 9.59 Å². The summed E-state index contributed by atoms with van der Waals surface area (Å²) in [7, 11) is 0. The number of hydrogen-bond donors (Lipinski definition) is 3. The first-order valence-corrected chi connectivity index (χ1v) is 7.90. The molecule has 0 radical (unpaired) electrons. The smallest absolute Gasteiger partial charge is 0.227 e. The first-order chi connectivity index (χ1) is 9.64. The molecule has 3 N–H and O–H groups in total. The van der Waals surface area contributed by atoms with Crippen LogP contribution in [-0.4, -0.2) is 38.0 Å². The van der Waals surface area contributed by atoms with E-state index in [2.05, 4.69) is 22.9 Å². The number of carbonyl (C=O) groups excluding carboxylic acids is 2. The Morgan fingerprint density at radius 3 is 2.55 bits per heavy atom. The molecule has 1 rings (SSSR count). The van der Waals surface area contributed by atoms with Crippen LogP contribution in [0.15, 0.2) is 0 Å². The highest BCUT2D eigenvalue weighted by molar-refractivity contribution is 5.84. The molecule has 2 amide bonds. The second-order valence-electron chi connectivity index (χ2n) is 5.67. The summed E-state index contributed by atoms with van der Waals surface area (Å²) in [6.07, 6.45) is 5.21. The molecule has 1 unspecified atom stereocenters. The molecule has 1 atom stereocenters.